The molecule has 1 heterocycles. The van der Waals surface area contributed by atoms with Crippen LogP contribution < -0.4 is 5.32 Å². The molecule has 1 rings (SSSR count). The molecule has 0 aromatic heterocycles. The minimum absolute atomic E-state index is 0.322. The SMILES string of the molecule is C=C1C(=O)NC(=O)C(SC)=C1C. The zero-order valence-electron chi connectivity index (χ0n) is 6.93. The van der Waals surface area contributed by atoms with E-state index >= 15 is 0 Å². The topological polar surface area (TPSA) is 46.2 Å². The second-order valence-electron chi connectivity index (χ2n) is 2.42. The van der Waals surface area contributed by atoms with Gasteiger partial charge in [-0.2, -0.15) is 0 Å². The van der Waals surface area contributed by atoms with Crippen LogP contribution in [0, 0.1) is 0 Å². The van der Waals surface area contributed by atoms with E-state index in [1.165, 1.54) is 11.8 Å². The molecule has 3 nitrogen and oxygen atoms in total. The predicted molar refractivity (Wildman–Crippen MR) is 48.5 cm³/mol. The largest absolute Gasteiger partial charge is 0.288 e. The molecule has 0 saturated carbocycles. The van der Waals surface area contributed by atoms with E-state index in [1.54, 1.807) is 13.2 Å². The second kappa shape index (κ2) is 3.15. The van der Waals surface area contributed by atoms with E-state index < -0.39 is 5.91 Å². The number of rotatable bonds is 1. The molecular formula is C8H9NO2S. The maximum Gasteiger partial charge on any atom is 0.264 e. The Morgan fingerprint density at radius 1 is 1.33 bits per heavy atom. The van der Waals surface area contributed by atoms with Crippen molar-refractivity contribution in [1.82, 2.24) is 5.32 Å². The molecule has 1 N–H and O–H groups in total. The molecule has 0 radical (unpaired) electrons. The van der Waals surface area contributed by atoms with E-state index in [-0.39, 0.29) is 5.91 Å². The predicted octanol–water partition coefficient (Wildman–Crippen LogP) is 0.836. The van der Waals surface area contributed by atoms with Crippen molar-refractivity contribution in [3.8, 4) is 0 Å². The third kappa shape index (κ3) is 1.30. The molecular weight excluding hydrogens is 174 g/mol. The first kappa shape index (κ1) is 9.06. The Morgan fingerprint density at radius 3 is 2.42 bits per heavy atom. The lowest BCUT2D eigenvalue weighted by molar-refractivity contribution is -0.126. The zero-order valence-corrected chi connectivity index (χ0v) is 7.75. The summed E-state index contributed by atoms with van der Waals surface area (Å²) in [5.74, 6) is -0.715. The van der Waals surface area contributed by atoms with Crippen LogP contribution in [-0.4, -0.2) is 18.1 Å². The molecule has 2 amide bonds. The first-order chi connectivity index (χ1) is 5.57. The van der Waals surface area contributed by atoms with Crippen molar-refractivity contribution in [2.75, 3.05) is 6.26 Å². The Balaban J connectivity index is 3.17. The Kier molecular flexibility index (Phi) is 2.38. The lowest BCUT2D eigenvalue weighted by Crippen LogP contribution is -2.36. The third-order valence-electron chi connectivity index (χ3n) is 1.70. The highest BCUT2D eigenvalue weighted by Crippen LogP contribution is 2.25. The monoisotopic (exact) mass is 183 g/mol. The molecule has 64 valence electrons. The summed E-state index contributed by atoms with van der Waals surface area (Å²) in [5.41, 5.74) is 1.05. The smallest absolute Gasteiger partial charge is 0.264 e. The second-order valence-corrected chi connectivity index (χ2v) is 3.24. The van der Waals surface area contributed by atoms with Crippen LogP contribution in [0.15, 0.2) is 22.6 Å². The minimum Gasteiger partial charge on any atom is -0.288 e. The van der Waals surface area contributed by atoms with E-state index in [0.29, 0.717) is 16.1 Å². The highest BCUT2D eigenvalue weighted by atomic mass is 32.2. The molecule has 4 heteroatoms. The Hall–Kier alpha value is -1.03. The average Bonchev–Trinajstić information content (AvgIpc) is 2.01. The number of thioether (sulfide) groups is 1. The molecule has 0 unspecified atom stereocenters. The van der Waals surface area contributed by atoms with Crippen molar-refractivity contribution in [3.05, 3.63) is 22.6 Å². The highest BCUT2D eigenvalue weighted by Gasteiger charge is 2.25. The molecule has 0 saturated heterocycles. The van der Waals surface area contributed by atoms with Crippen LogP contribution in [0.25, 0.3) is 0 Å². The van der Waals surface area contributed by atoms with Crippen molar-refractivity contribution in [1.29, 1.82) is 0 Å². The van der Waals surface area contributed by atoms with Crippen LogP contribution in [0.5, 0.6) is 0 Å². The van der Waals surface area contributed by atoms with Gasteiger partial charge in [-0.05, 0) is 18.8 Å². The van der Waals surface area contributed by atoms with Gasteiger partial charge >= 0.3 is 0 Å². The maximum atomic E-state index is 11.1. The zero-order chi connectivity index (χ0) is 9.30. The van der Waals surface area contributed by atoms with Gasteiger partial charge in [0.1, 0.15) is 0 Å². The van der Waals surface area contributed by atoms with Gasteiger partial charge in [0, 0.05) is 5.57 Å². The van der Waals surface area contributed by atoms with Gasteiger partial charge < -0.3 is 0 Å². The van der Waals surface area contributed by atoms with Gasteiger partial charge in [-0.3, -0.25) is 14.9 Å². The van der Waals surface area contributed by atoms with Crippen molar-refractivity contribution < 1.29 is 9.59 Å². The number of hydrogen-bond acceptors (Lipinski definition) is 3. The van der Waals surface area contributed by atoms with Crippen LogP contribution in [0.3, 0.4) is 0 Å². The van der Waals surface area contributed by atoms with E-state index in [0.717, 1.165) is 0 Å². The van der Waals surface area contributed by atoms with Gasteiger partial charge in [-0.1, -0.05) is 6.58 Å². The first-order valence-electron chi connectivity index (χ1n) is 3.37. The number of nitrogens with one attached hydrogen (secondary N) is 1. The number of amides is 2. The van der Waals surface area contributed by atoms with E-state index in [2.05, 4.69) is 11.9 Å². The quantitative estimate of drug-likeness (QED) is 0.484. The van der Waals surface area contributed by atoms with Gasteiger partial charge in [0.15, 0.2) is 0 Å². The Bertz CT molecular complexity index is 304. The van der Waals surface area contributed by atoms with E-state index in [4.69, 9.17) is 0 Å². The molecule has 0 bridgehead atoms. The normalized spacial score (nSPS) is 18.3. The molecule has 1 aliphatic rings. The summed E-state index contributed by atoms with van der Waals surface area (Å²) in [5, 5.41) is 2.20. The van der Waals surface area contributed by atoms with Gasteiger partial charge in [0.25, 0.3) is 11.8 Å². The molecule has 1 aliphatic heterocycles. The van der Waals surface area contributed by atoms with Gasteiger partial charge in [0.2, 0.25) is 0 Å². The molecule has 0 fully saturated rings. The summed E-state index contributed by atoms with van der Waals surface area (Å²) in [6, 6.07) is 0. The average molecular weight is 183 g/mol. The first-order valence-corrected chi connectivity index (χ1v) is 4.60. The van der Waals surface area contributed by atoms with E-state index in [9.17, 15) is 9.59 Å². The highest BCUT2D eigenvalue weighted by molar-refractivity contribution is 8.03. The summed E-state index contributed by atoms with van der Waals surface area (Å²) < 4.78 is 0. The Morgan fingerprint density at radius 2 is 1.92 bits per heavy atom. The molecule has 0 spiro atoms. The van der Waals surface area contributed by atoms with Gasteiger partial charge in [0.05, 0.1) is 4.91 Å². The van der Waals surface area contributed by atoms with Crippen molar-refractivity contribution in [3.63, 3.8) is 0 Å². The van der Waals surface area contributed by atoms with Crippen LogP contribution in [0.2, 0.25) is 0 Å². The van der Waals surface area contributed by atoms with Crippen molar-refractivity contribution in [2.24, 2.45) is 0 Å². The number of carbonyl (C=O) groups is 2. The molecule has 0 atom stereocenters. The summed E-state index contributed by atoms with van der Waals surface area (Å²) in [6.45, 7) is 5.30. The summed E-state index contributed by atoms with van der Waals surface area (Å²) >= 11 is 1.32. The van der Waals surface area contributed by atoms with Crippen LogP contribution in [0.1, 0.15) is 6.92 Å². The van der Waals surface area contributed by atoms with Crippen molar-refractivity contribution in [2.45, 2.75) is 6.92 Å². The third-order valence-corrected chi connectivity index (χ3v) is 2.60. The molecule has 12 heavy (non-hydrogen) atoms. The van der Waals surface area contributed by atoms with Crippen LogP contribution >= 0.6 is 11.8 Å². The molecule has 0 aromatic rings. The minimum atomic E-state index is -0.393. The summed E-state index contributed by atoms with van der Waals surface area (Å²) in [6.07, 6.45) is 1.79. The van der Waals surface area contributed by atoms with Gasteiger partial charge in [-0.15, -0.1) is 11.8 Å². The van der Waals surface area contributed by atoms with Crippen molar-refractivity contribution >= 4 is 23.6 Å². The maximum absolute atomic E-state index is 11.1. The van der Waals surface area contributed by atoms with Crippen LogP contribution in [-0.2, 0) is 9.59 Å². The number of carbonyl (C=O) groups excluding carboxylic acids is 2. The fourth-order valence-electron chi connectivity index (χ4n) is 0.959. The summed E-state index contributed by atoms with van der Waals surface area (Å²) in [7, 11) is 0. The lowest BCUT2D eigenvalue weighted by Gasteiger charge is -2.16. The van der Waals surface area contributed by atoms with E-state index in [1.807, 2.05) is 0 Å². The number of imide groups is 1. The van der Waals surface area contributed by atoms with Crippen LogP contribution in [0.4, 0.5) is 0 Å². The lowest BCUT2D eigenvalue weighted by atomic mass is 10.1. The Labute approximate surface area is 74.9 Å². The fraction of sp³-hybridized carbons (Fsp3) is 0.250. The molecule has 0 aliphatic carbocycles. The molecule has 0 aromatic carbocycles. The van der Waals surface area contributed by atoms with Gasteiger partial charge in [-0.25, -0.2) is 0 Å². The number of hydrogen-bond donors (Lipinski definition) is 1. The summed E-state index contributed by atoms with van der Waals surface area (Å²) in [4.78, 5) is 22.7. The standard InChI is InChI=1S/C8H9NO2S/c1-4-5(2)7(10)9-8(11)6(4)12-3/h2H2,1,3H3,(H,9,10,11). The fourth-order valence-corrected chi connectivity index (χ4v) is 1.62.